The maximum Gasteiger partial charge on any atom is 0.257 e. The van der Waals surface area contributed by atoms with Crippen LogP contribution in [0.25, 0.3) is 10.9 Å². The maximum atomic E-state index is 13.1. The minimum atomic E-state index is 0.00135. The second-order valence-corrected chi connectivity index (χ2v) is 9.06. The Morgan fingerprint density at radius 3 is 2.82 bits per heavy atom. The van der Waals surface area contributed by atoms with Crippen molar-refractivity contribution >= 4 is 22.7 Å². The minimum absolute atomic E-state index is 0.00135. The molecule has 5 rings (SSSR count). The first kappa shape index (κ1) is 21.7. The number of benzene rings is 1. The predicted octanol–water partition coefficient (Wildman–Crippen LogP) is 2.71. The van der Waals surface area contributed by atoms with Crippen molar-refractivity contribution in [1.29, 1.82) is 0 Å². The Hall–Kier alpha value is -3.13. The van der Waals surface area contributed by atoms with E-state index in [1.807, 2.05) is 29.0 Å². The SMILES string of the molecule is Cn1cc(CCC(=O)N2CCCC(c3[nH]ncc3C(=O)N3CCOCC3)C2)c2ccccc21. The van der Waals surface area contributed by atoms with Gasteiger partial charge < -0.3 is 19.1 Å². The largest absolute Gasteiger partial charge is 0.378 e. The smallest absolute Gasteiger partial charge is 0.257 e. The Bertz CT molecular complexity index is 1140. The topological polar surface area (TPSA) is 83.5 Å². The molecule has 1 atom stereocenters. The number of hydrogen-bond donors (Lipinski definition) is 1. The highest BCUT2D eigenvalue weighted by molar-refractivity contribution is 5.95. The average Bonchev–Trinajstić information content (AvgIpc) is 3.48. The summed E-state index contributed by atoms with van der Waals surface area (Å²) < 4.78 is 7.49. The van der Waals surface area contributed by atoms with Crippen LogP contribution in [0, 0.1) is 0 Å². The van der Waals surface area contributed by atoms with Gasteiger partial charge in [-0.25, -0.2) is 0 Å². The summed E-state index contributed by atoms with van der Waals surface area (Å²) in [4.78, 5) is 29.9. The van der Waals surface area contributed by atoms with Gasteiger partial charge in [0.05, 0.1) is 30.7 Å². The van der Waals surface area contributed by atoms with E-state index in [-0.39, 0.29) is 17.7 Å². The Balaban J connectivity index is 1.24. The third-order valence-corrected chi connectivity index (χ3v) is 6.97. The zero-order valence-electron chi connectivity index (χ0n) is 19.1. The lowest BCUT2D eigenvalue weighted by Crippen LogP contribution is -2.42. The first-order valence-electron chi connectivity index (χ1n) is 11.8. The van der Waals surface area contributed by atoms with Gasteiger partial charge in [-0.1, -0.05) is 18.2 Å². The van der Waals surface area contributed by atoms with Gasteiger partial charge in [0, 0.05) is 62.7 Å². The highest BCUT2D eigenvalue weighted by Gasteiger charge is 2.30. The van der Waals surface area contributed by atoms with Gasteiger partial charge in [0.25, 0.3) is 5.91 Å². The number of piperidine rings is 1. The molecule has 8 heteroatoms. The molecule has 174 valence electrons. The van der Waals surface area contributed by atoms with Gasteiger partial charge in [-0.05, 0) is 30.9 Å². The molecule has 8 nitrogen and oxygen atoms in total. The van der Waals surface area contributed by atoms with E-state index in [9.17, 15) is 9.59 Å². The monoisotopic (exact) mass is 449 g/mol. The van der Waals surface area contributed by atoms with E-state index in [4.69, 9.17) is 4.74 Å². The quantitative estimate of drug-likeness (QED) is 0.649. The molecule has 3 aromatic rings. The third kappa shape index (κ3) is 4.39. The Morgan fingerprint density at radius 2 is 1.97 bits per heavy atom. The molecule has 2 aliphatic heterocycles. The summed E-state index contributed by atoms with van der Waals surface area (Å²) in [6, 6.07) is 8.31. The van der Waals surface area contributed by atoms with Crippen LogP contribution in [0.1, 0.15) is 46.8 Å². The van der Waals surface area contributed by atoms with Gasteiger partial charge in [-0.3, -0.25) is 14.7 Å². The molecule has 1 unspecified atom stereocenters. The summed E-state index contributed by atoms with van der Waals surface area (Å²) in [7, 11) is 2.04. The summed E-state index contributed by atoms with van der Waals surface area (Å²) in [6.45, 7) is 3.74. The molecule has 0 aliphatic carbocycles. The van der Waals surface area contributed by atoms with Crippen LogP contribution in [-0.2, 0) is 23.0 Å². The standard InChI is InChI=1S/C25H31N5O3/c1-28-16-18(20-6-2-3-7-22(20)28)8-9-23(31)30-10-4-5-19(17-30)24-21(15-26-27-24)25(32)29-11-13-33-14-12-29/h2-3,6-7,15-16,19H,4-5,8-14,17H2,1H3,(H,26,27). The van der Waals surface area contributed by atoms with E-state index in [1.54, 1.807) is 6.20 Å². The fraction of sp³-hybridized carbons (Fsp3) is 0.480. The zero-order valence-corrected chi connectivity index (χ0v) is 19.1. The zero-order chi connectivity index (χ0) is 22.8. The molecule has 2 amide bonds. The number of H-pyrrole nitrogens is 1. The number of carbonyl (C=O) groups is 2. The number of aryl methyl sites for hydroxylation is 2. The highest BCUT2D eigenvalue weighted by atomic mass is 16.5. The highest BCUT2D eigenvalue weighted by Crippen LogP contribution is 2.29. The van der Waals surface area contributed by atoms with Crippen LogP contribution in [0.2, 0.25) is 0 Å². The number of aromatic amines is 1. The van der Waals surface area contributed by atoms with Crippen molar-refractivity contribution in [3.05, 3.63) is 53.5 Å². The Kier molecular flexibility index (Phi) is 6.17. The number of para-hydroxylation sites is 1. The first-order valence-corrected chi connectivity index (χ1v) is 11.8. The lowest BCUT2D eigenvalue weighted by molar-refractivity contribution is -0.132. The number of carbonyl (C=O) groups excluding carboxylic acids is 2. The van der Waals surface area contributed by atoms with E-state index in [2.05, 4.69) is 33.1 Å². The molecular formula is C25H31N5O3. The molecule has 2 fully saturated rings. The van der Waals surface area contributed by atoms with Crippen LogP contribution in [-0.4, -0.2) is 75.8 Å². The second-order valence-electron chi connectivity index (χ2n) is 9.06. The fourth-order valence-electron chi connectivity index (χ4n) is 5.18. The van der Waals surface area contributed by atoms with Crippen molar-refractivity contribution in [3.63, 3.8) is 0 Å². The van der Waals surface area contributed by atoms with Gasteiger partial charge in [-0.15, -0.1) is 0 Å². The Labute approximate surface area is 193 Å². The minimum Gasteiger partial charge on any atom is -0.378 e. The summed E-state index contributed by atoms with van der Waals surface area (Å²) >= 11 is 0. The average molecular weight is 450 g/mol. The predicted molar refractivity (Wildman–Crippen MR) is 125 cm³/mol. The summed E-state index contributed by atoms with van der Waals surface area (Å²) in [6.07, 6.45) is 6.85. The number of amides is 2. The maximum absolute atomic E-state index is 13.1. The molecule has 33 heavy (non-hydrogen) atoms. The first-order chi connectivity index (χ1) is 16.1. The van der Waals surface area contributed by atoms with Crippen LogP contribution < -0.4 is 0 Å². The van der Waals surface area contributed by atoms with Crippen LogP contribution in [0.4, 0.5) is 0 Å². The molecule has 1 aromatic carbocycles. The normalized spacial score (nSPS) is 19.2. The number of rotatable bonds is 5. The molecule has 2 aromatic heterocycles. The molecule has 0 saturated carbocycles. The number of ether oxygens (including phenoxy) is 1. The van der Waals surface area contributed by atoms with Crippen LogP contribution in [0.15, 0.2) is 36.7 Å². The molecule has 4 heterocycles. The number of fused-ring (bicyclic) bond motifs is 1. The van der Waals surface area contributed by atoms with Crippen LogP contribution >= 0.6 is 0 Å². The van der Waals surface area contributed by atoms with Crippen molar-refractivity contribution < 1.29 is 14.3 Å². The van der Waals surface area contributed by atoms with Crippen LogP contribution in [0.3, 0.4) is 0 Å². The number of nitrogens with zero attached hydrogens (tertiary/aromatic N) is 4. The van der Waals surface area contributed by atoms with Crippen LogP contribution in [0.5, 0.6) is 0 Å². The summed E-state index contributed by atoms with van der Waals surface area (Å²) in [5.74, 6) is 0.275. The number of likely N-dealkylation sites (tertiary alicyclic amines) is 1. The molecule has 2 aliphatic rings. The molecule has 1 N–H and O–H groups in total. The number of hydrogen-bond acceptors (Lipinski definition) is 4. The van der Waals surface area contributed by atoms with Crippen molar-refractivity contribution in [3.8, 4) is 0 Å². The third-order valence-electron chi connectivity index (χ3n) is 6.97. The molecule has 0 radical (unpaired) electrons. The van der Waals surface area contributed by atoms with Crippen molar-refractivity contribution in [2.45, 2.75) is 31.6 Å². The van der Waals surface area contributed by atoms with E-state index in [0.29, 0.717) is 44.8 Å². The van der Waals surface area contributed by atoms with Crippen molar-refractivity contribution in [2.24, 2.45) is 7.05 Å². The lowest BCUT2D eigenvalue weighted by Gasteiger charge is -2.33. The molecule has 2 saturated heterocycles. The molecule has 0 bridgehead atoms. The van der Waals surface area contributed by atoms with E-state index >= 15 is 0 Å². The van der Waals surface area contributed by atoms with Crippen molar-refractivity contribution in [1.82, 2.24) is 24.6 Å². The van der Waals surface area contributed by atoms with E-state index in [1.165, 1.54) is 16.5 Å². The lowest BCUT2D eigenvalue weighted by atomic mass is 9.92. The molecular weight excluding hydrogens is 418 g/mol. The van der Waals surface area contributed by atoms with E-state index in [0.717, 1.165) is 31.5 Å². The van der Waals surface area contributed by atoms with Gasteiger partial charge in [-0.2, -0.15) is 5.10 Å². The molecule has 0 spiro atoms. The number of morpholine rings is 1. The summed E-state index contributed by atoms with van der Waals surface area (Å²) in [5, 5.41) is 8.46. The fourth-order valence-corrected chi connectivity index (χ4v) is 5.18. The van der Waals surface area contributed by atoms with Gasteiger partial charge in [0.2, 0.25) is 5.91 Å². The van der Waals surface area contributed by atoms with E-state index < -0.39 is 0 Å². The van der Waals surface area contributed by atoms with Gasteiger partial charge >= 0.3 is 0 Å². The van der Waals surface area contributed by atoms with Gasteiger partial charge in [0.15, 0.2) is 0 Å². The Morgan fingerprint density at radius 1 is 1.15 bits per heavy atom. The number of aromatic nitrogens is 3. The van der Waals surface area contributed by atoms with Crippen molar-refractivity contribution in [2.75, 3.05) is 39.4 Å². The number of nitrogens with one attached hydrogen (secondary N) is 1. The summed E-state index contributed by atoms with van der Waals surface area (Å²) in [5.41, 5.74) is 3.89. The van der Waals surface area contributed by atoms with Gasteiger partial charge in [0.1, 0.15) is 0 Å². The second kappa shape index (κ2) is 9.39.